The summed E-state index contributed by atoms with van der Waals surface area (Å²) in [5.74, 6) is 0.422. The highest BCUT2D eigenvalue weighted by molar-refractivity contribution is 5.95. The number of nitriles is 1. The number of fused-ring (bicyclic) bond motifs is 1. The van der Waals surface area contributed by atoms with Gasteiger partial charge in [0.2, 0.25) is 0 Å². The Morgan fingerprint density at radius 3 is 2.90 bits per heavy atom. The fraction of sp³-hybridized carbons (Fsp3) is 0.200. The van der Waals surface area contributed by atoms with Gasteiger partial charge in [-0.25, -0.2) is 9.78 Å². The van der Waals surface area contributed by atoms with Crippen molar-refractivity contribution in [2.24, 2.45) is 0 Å². The van der Waals surface area contributed by atoms with Crippen LogP contribution in [0.5, 0.6) is 0 Å². The maximum Gasteiger partial charge on any atom is 0.355 e. The maximum absolute atomic E-state index is 12.6. The van der Waals surface area contributed by atoms with Crippen molar-refractivity contribution in [3.8, 4) is 11.9 Å². The van der Waals surface area contributed by atoms with Crippen molar-refractivity contribution in [2.45, 2.75) is 12.5 Å². The first kappa shape index (κ1) is 18.6. The molecule has 1 aliphatic heterocycles. The number of aromatic nitrogens is 6. The van der Waals surface area contributed by atoms with Crippen LogP contribution in [0, 0.1) is 11.3 Å². The number of nitrogens with one attached hydrogen (secondary N) is 1. The summed E-state index contributed by atoms with van der Waals surface area (Å²) < 4.78 is 3.14. The van der Waals surface area contributed by atoms with Gasteiger partial charge in [-0.2, -0.15) is 15.3 Å². The van der Waals surface area contributed by atoms with Crippen molar-refractivity contribution in [3.63, 3.8) is 0 Å². The molecule has 0 radical (unpaired) electrons. The Morgan fingerprint density at radius 1 is 1.29 bits per heavy atom. The SMILES string of the molecule is N#Cc1c(N2CCC(n3cccn3)C2)c2cc(-n3ccc(N)nc3=O)ncc2[nH]c1=O. The normalized spacial score (nSPS) is 16.0. The summed E-state index contributed by atoms with van der Waals surface area (Å²) >= 11 is 0. The highest BCUT2D eigenvalue weighted by Gasteiger charge is 2.28. The van der Waals surface area contributed by atoms with Gasteiger partial charge in [0.05, 0.1) is 23.4 Å². The summed E-state index contributed by atoms with van der Waals surface area (Å²) in [5, 5.41) is 14.6. The number of rotatable bonds is 3. The van der Waals surface area contributed by atoms with E-state index in [-0.39, 0.29) is 17.4 Å². The van der Waals surface area contributed by atoms with E-state index in [1.165, 1.54) is 23.0 Å². The zero-order valence-corrected chi connectivity index (χ0v) is 16.3. The molecule has 1 aliphatic rings. The lowest BCUT2D eigenvalue weighted by molar-refractivity contribution is 0.495. The van der Waals surface area contributed by atoms with E-state index in [0.29, 0.717) is 35.5 Å². The van der Waals surface area contributed by atoms with E-state index >= 15 is 0 Å². The average molecular weight is 415 g/mol. The average Bonchev–Trinajstić information content (AvgIpc) is 3.44. The molecular formula is C20H17N9O2. The van der Waals surface area contributed by atoms with E-state index in [2.05, 4.69) is 20.1 Å². The van der Waals surface area contributed by atoms with E-state index < -0.39 is 11.2 Å². The summed E-state index contributed by atoms with van der Waals surface area (Å²) in [6, 6.07) is 7.19. The summed E-state index contributed by atoms with van der Waals surface area (Å²) in [4.78, 5) is 37.6. The lowest BCUT2D eigenvalue weighted by Gasteiger charge is -2.22. The van der Waals surface area contributed by atoms with Gasteiger partial charge < -0.3 is 15.6 Å². The molecule has 0 aromatic carbocycles. The molecule has 31 heavy (non-hydrogen) atoms. The van der Waals surface area contributed by atoms with Gasteiger partial charge in [-0.15, -0.1) is 0 Å². The lowest BCUT2D eigenvalue weighted by Crippen LogP contribution is -2.26. The molecule has 5 heterocycles. The fourth-order valence-electron chi connectivity index (χ4n) is 3.98. The first-order chi connectivity index (χ1) is 15.0. The van der Waals surface area contributed by atoms with Crippen LogP contribution in [0.2, 0.25) is 0 Å². The summed E-state index contributed by atoms with van der Waals surface area (Å²) in [6.45, 7) is 1.24. The van der Waals surface area contributed by atoms with Crippen LogP contribution < -0.4 is 21.9 Å². The van der Waals surface area contributed by atoms with Gasteiger partial charge in [-0.05, 0) is 24.6 Å². The molecule has 4 aromatic heterocycles. The van der Waals surface area contributed by atoms with Crippen LogP contribution >= 0.6 is 0 Å². The molecule has 1 atom stereocenters. The molecule has 154 valence electrons. The van der Waals surface area contributed by atoms with Crippen LogP contribution in [0.15, 0.2) is 52.6 Å². The third-order valence-electron chi connectivity index (χ3n) is 5.42. The molecule has 0 spiro atoms. The van der Waals surface area contributed by atoms with Gasteiger partial charge in [0.1, 0.15) is 23.3 Å². The van der Waals surface area contributed by atoms with Gasteiger partial charge in [0.15, 0.2) is 0 Å². The molecule has 0 amide bonds. The predicted molar refractivity (Wildman–Crippen MR) is 113 cm³/mol. The van der Waals surface area contributed by atoms with Gasteiger partial charge >= 0.3 is 5.69 Å². The molecule has 1 unspecified atom stereocenters. The number of pyridine rings is 2. The molecule has 11 heteroatoms. The Kier molecular flexibility index (Phi) is 4.25. The number of hydrogen-bond acceptors (Lipinski definition) is 8. The quantitative estimate of drug-likeness (QED) is 0.493. The third kappa shape index (κ3) is 3.10. The largest absolute Gasteiger partial charge is 0.383 e. The Bertz CT molecular complexity index is 1450. The molecule has 1 fully saturated rings. The van der Waals surface area contributed by atoms with E-state index in [0.717, 1.165) is 6.42 Å². The number of hydrogen-bond donors (Lipinski definition) is 2. The number of anilines is 2. The standard InChI is InChI=1S/C20H17N9O2/c21-9-14-18(27-6-2-12(11-27)29-5-1-4-24-29)13-8-17(23-10-15(13)25-19(14)30)28-7-3-16(22)26-20(28)31/h1,3-5,7-8,10,12H,2,6,11H2,(H,25,30)(H2,22,26,31). The second-order valence-corrected chi connectivity index (χ2v) is 7.26. The smallest absolute Gasteiger partial charge is 0.355 e. The van der Waals surface area contributed by atoms with E-state index in [4.69, 9.17) is 5.73 Å². The number of H-pyrrole nitrogens is 1. The van der Waals surface area contributed by atoms with Crippen LogP contribution in [0.1, 0.15) is 18.0 Å². The Balaban J connectivity index is 1.68. The van der Waals surface area contributed by atoms with E-state index in [1.54, 1.807) is 12.3 Å². The van der Waals surface area contributed by atoms with Gasteiger partial charge in [-0.3, -0.25) is 14.0 Å². The zero-order chi connectivity index (χ0) is 21.5. The predicted octanol–water partition coefficient (Wildman–Crippen LogP) is 0.571. The molecule has 0 aliphatic carbocycles. The molecular weight excluding hydrogens is 398 g/mol. The first-order valence-electron chi connectivity index (χ1n) is 9.61. The third-order valence-corrected chi connectivity index (χ3v) is 5.42. The topological polar surface area (TPSA) is 152 Å². The van der Waals surface area contributed by atoms with Crippen molar-refractivity contribution >= 4 is 22.4 Å². The molecule has 0 bridgehead atoms. The maximum atomic E-state index is 12.6. The molecule has 5 rings (SSSR count). The molecule has 0 saturated carbocycles. The fourth-order valence-corrected chi connectivity index (χ4v) is 3.98. The van der Waals surface area contributed by atoms with Crippen LogP contribution in [0.4, 0.5) is 11.5 Å². The van der Waals surface area contributed by atoms with Crippen molar-refractivity contribution in [1.29, 1.82) is 5.26 Å². The minimum Gasteiger partial charge on any atom is -0.383 e. The minimum atomic E-state index is -0.571. The number of nitrogens with two attached hydrogens (primary N) is 1. The van der Waals surface area contributed by atoms with Crippen molar-refractivity contribution in [2.75, 3.05) is 23.7 Å². The van der Waals surface area contributed by atoms with Gasteiger partial charge in [0.25, 0.3) is 5.56 Å². The zero-order valence-electron chi connectivity index (χ0n) is 16.3. The highest BCUT2D eigenvalue weighted by atomic mass is 16.1. The van der Waals surface area contributed by atoms with Crippen LogP contribution in [0.3, 0.4) is 0 Å². The number of aromatic amines is 1. The molecule has 11 nitrogen and oxygen atoms in total. The summed E-state index contributed by atoms with van der Waals surface area (Å²) in [7, 11) is 0. The molecule has 4 aromatic rings. The minimum absolute atomic E-state index is 0.0218. The number of nitrogen functional groups attached to an aromatic ring is 1. The highest BCUT2D eigenvalue weighted by Crippen LogP contribution is 2.33. The van der Waals surface area contributed by atoms with E-state index in [1.807, 2.05) is 27.9 Å². The summed E-state index contributed by atoms with van der Waals surface area (Å²) in [6.07, 6.45) is 7.40. The van der Waals surface area contributed by atoms with Crippen molar-refractivity contribution in [1.82, 2.24) is 29.3 Å². The van der Waals surface area contributed by atoms with Gasteiger partial charge in [-0.1, -0.05) is 0 Å². The molecule has 1 saturated heterocycles. The Morgan fingerprint density at radius 2 is 2.16 bits per heavy atom. The van der Waals surface area contributed by atoms with Gasteiger partial charge in [0, 0.05) is 37.1 Å². The summed E-state index contributed by atoms with van der Waals surface area (Å²) in [5.41, 5.74) is 5.55. The van der Waals surface area contributed by atoms with Crippen LogP contribution in [-0.4, -0.2) is 42.4 Å². The van der Waals surface area contributed by atoms with E-state index in [9.17, 15) is 14.9 Å². The number of nitrogens with zero attached hydrogens (tertiary/aromatic N) is 7. The second kappa shape index (κ2) is 7.10. The Labute approximate surface area is 175 Å². The van der Waals surface area contributed by atoms with Crippen LogP contribution in [0.25, 0.3) is 16.7 Å². The lowest BCUT2D eigenvalue weighted by atomic mass is 10.1. The first-order valence-corrected chi connectivity index (χ1v) is 9.61. The monoisotopic (exact) mass is 415 g/mol. The molecule has 3 N–H and O–H groups in total. The second-order valence-electron chi connectivity index (χ2n) is 7.26. The van der Waals surface area contributed by atoms with Crippen molar-refractivity contribution in [3.05, 3.63) is 69.4 Å². The Hall–Kier alpha value is -4.46. The van der Waals surface area contributed by atoms with Crippen molar-refractivity contribution < 1.29 is 0 Å². The van der Waals surface area contributed by atoms with Crippen LogP contribution in [-0.2, 0) is 0 Å².